The van der Waals surface area contributed by atoms with Crippen molar-refractivity contribution in [3.05, 3.63) is 103 Å². The highest BCUT2D eigenvalue weighted by Crippen LogP contribution is 2.52. The second kappa shape index (κ2) is 7.81. The van der Waals surface area contributed by atoms with E-state index >= 15 is 0 Å². The monoisotopic (exact) mass is 450 g/mol. The van der Waals surface area contributed by atoms with Crippen molar-refractivity contribution in [1.29, 1.82) is 0 Å². The maximum absolute atomic E-state index is 14.6. The molecule has 4 aromatic rings. The summed E-state index contributed by atoms with van der Waals surface area (Å²) in [5, 5.41) is 1.41. The van der Waals surface area contributed by atoms with Gasteiger partial charge in [0.05, 0.1) is 0 Å². The average molecular weight is 450 g/mol. The molecule has 32 heavy (non-hydrogen) atoms. The zero-order valence-corrected chi connectivity index (χ0v) is 17.5. The fourth-order valence-electron chi connectivity index (χ4n) is 3.60. The summed E-state index contributed by atoms with van der Waals surface area (Å²) in [6.07, 6.45) is -3.85. The maximum Gasteiger partial charge on any atom is 0.586 e. The van der Waals surface area contributed by atoms with Crippen molar-refractivity contribution in [2.45, 2.75) is 6.29 Å². The summed E-state index contributed by atoms with van der Waals surface area (Å²) in [4.78, 5) is 0. The second-order valence-electron chi connectivity index (χ2n) is 7.13. The Kier molecular flexibility index (Phi) is 4.95. The SMILES string of the molecule is O=P(c1ccccc1)(c1ccccc1)c1cc(Oc2ccccc2)c2c(c1)OC(F)(F)O2. The highest BCUT2D eigenvalue weighted by Gasteiger charge is 2.46. The van der Waals surface area contributed by atoms with Crippen LogP contribution in [0.15, 0.2) is 103 Å². The van der Waals surface area contributed by atoms with Crippen molar-refractivity contribution in [3.8, 4) is 23.0 Å². The summed E-state index contributed by atoms with van der Waals surface area (Å²) in [6.45, 7) is 0. The van der Waals surface area contributed by atoms with Gasteiger partial charge in [0.25, 0.3) is 0 Å². The van der Waals surface area contributed by atoms with E-state index < -0.39 is 13.4 Å². The van der Waals surface area contributed by atoms with Crippen LogP contribution < -0.4 is 30.1 Å². The van der Waals surface area contributed by atoms with Crippen molar-refractivity contribution < 1.29 is 27.6 Å². The Morgan fingerprint density at radius 2 is 1.22 bits per heavy atom. The van der Waals surface area contributed by atoms with Gasteiger partial charge in [-0.1, -0.05) is 78.9 Å². The van der Waals surface area contributed by atoms with Crippen LogP contribution in [0, 0.1) is 0 Å². The van der Waals surface area contributed by atoms with Gasteiger partial charge >= 0.3 is 6.29 Å². The Balaban J connectivity index is 1.73. The van der Waals surface area contributed by atoms with Gasteiger partial charge in [0, 0.05) is 15.9 Å². The normalized spacial score (nSPS) is 14.2. The zero-order chi connectivity index (χ0) is 22.2. The minimum atomic E-state index is -3.85. The van der Waals surface area contributed by atoms with Crippen LogP contribution in [0.2, 0.25) is 0 Å². The number of benzene rings is 4. The van der Waals surface area contributed by atoms with Crippen LogP contribution in [0.25, 0.3) is 0 Å². The topological polar surface area (TPSA) is 44.8 Å². The van der Waals surface area contributed by atoms with Crippen LogP contribution in [0.1, 0.15) is 0 Å². The average Bonchev–Trinajstić information content (AvgIpc) is 3.14. The lowest BCUT2D eigenvalue weighted by Gasteiger charge is -2.21. The number of hydrogen-bond acceptors (Lipinski definition) is 4. The van der Waals surface area contributed by atoms with Crippen LogP contribution in [-0.2, 0) is 4.57 Å². The van der Waals surface area contributed by atoms with Gasteiger partial charge in [-0.15, -0.1) is 8.78 Å². The maximum atomic E-state index is 14.6. The summed E-state index contributed by atoms with van der Waals surface area (Å²) in [5.41, 5.74) is 0. The van der Waals surface area contributed by atoms with Gasteiger partial charge in [-0.25, -0.2) is 0 Å². The summed E-state index contributed by atoms with van der Waals surface area (Å²) in [6, 6.07) is 29.3. The van der Waals surface area contributed by atoms with Gasteiger partial charge in [0.1, 0.15) is 5.75 Å². The molecule has 0 radical (unpaired) electrons. The first kappa shape index (κ1) is 20.3. The highest BCUT2D eigenvalue weighted by atomic mass is 31.2. The van der Waals surface area contributed by atoms with Crippen LogP contribution in [0.3, 0.4) is 0 Å². The minimum absolute atomic E-state index is 0.00652. The molecule has 1 aliphatic rings. The third-order valence-electron chi connectivity index (χ3n) is 5.03. The molecule has 1 aliphatic heterocycles. The summed E-state index contributed by atoms with van der Waals surface area (Å²) < 4.78 is 57.9. The van der Waals surface area contributed by atoms with Crippen LogP contribution >= 0.6 is 7.14 Å². The van der Waals surface area contributed by atoms with E-state index in [1.807, 2.05) is 12.1 Å². The van der Waals surface area contributed by atoms with Gasteiger partial charge in [-0.2, -0.15) is 0 Å². The fraction of sp³-hybridized carbons (Fsp3) is 0.0400. The Bertz CT molecular complexity index is 1250. The fourth-order valence-corrected chi connectivity index (χ4v) is 6.28. The van der Waals surface area contributed by atoms with E-state index in [4.69, 9.17) is 14.2 Å². The number of fused-ring (bicyclic) bond motifs is 1. The third-order valence-corrected chi connectivity index (χ3v) is 8.07. The lowest BCUT2D eigenvalue weighted by molar-refractivity contribution is -0.287. The van der Waals surface area contributed by atoms with E-state index in [9.17, 15) is 13.3 Å². The Morgan fingerprint density at radius 1 is 0.688 bits per heavy atom. The van der Waals surface area contributed by atoms with E-state index in [-0.39, 0.29) is 17.2 Å². The molecule has 0 spiro atoms. The molecule has 160 valence electrons. The molecule has 0 amide bonds. The van der Waals surface area contributed by atoms with Gasteiger partial charge in [0.2, 0.25) is 5.75 Å². The number of halogens is 2. The summed E-state index contributed by atoms with van der Waals surface area (Å²) in [7, 11) is -3.44. The van der Waals surface area contributed by atoms with Gasteiger partial charge in [-0.05, 0) is 24.3 Å². The molecule has 5 rings (SSSR count). The Morgan fingerprint density at radius 3 is 1.78 bits per heavy atom. The van der Waals surface area contributed by atoms with E-state index in [0.717, 1.165) is 0 Å². The molecule has 0 aromatic heterocycles. The standard InChI is InChI=1S/C25H17F2O4P/c26-25(27)30-23-17-21(16-22(24(23)31-25)29-18-10-4-1-5-11-18)32(28,19-12-6-2-7-13-19)20-14-8-3-9-15-20/h1-17H. The number of hydrogen-bond donors (Lipinski definition) is 0. The highest BCUT2D eigenvalue weighted by molar-refractivity contribution is 7.85. The van der Waals surface area contributed by atoms with Gasteiger partial charge < -0.3 is 18.8 Å². The quantitative estimate of drug-likeness (QED) is 0.380. The van der Waals surface area contributed by atoms with Crippen molar-refractivity contribution in [3.63, 3.8) is 0 Å². The zero-order valence-electron chi connectivity index (χ0n) is 16.7. The van der Waals surface area contributed by atoms with E-state index in [1.165, 1.54) is 12.1 Å². The van der Waals surface area contributed by atoms with Crippen molar-refractivity contribution in [2.24, 2.45) is 0 Å². The van der Waals surface area contributed by atoms with E-state index in [1.54, 1.807) is 78.9 Å². The molecule has 0 bridgehead atoms. The molecular weight excluding hydrogens is 433 g/mol. The van der Waals surface area contributed by atoms with Crippen molar-refractivity contribution >= 4 is 23.1 Å². The van der Waals surface area contributed by atoms with Crippen molar-refractivity contribution in [1.82, 2.24) is 0 Å². The van der Waals surface area contributed by atoms with Crippen LogP contribution in [0.5, 0.6) is 23.0 Å². The molecule has 0 atom stereocenters. The molecule has 4 aromatic carbocycles. The van der Waals surface area contributed by atoms with Crippen LogP contribution in [0.4, 0.5) is 8.78 Å². The number of ether oxygens (including phenoxy) is 3. The first-order valence-corrected chi connectivity index (χ1v) is 11.5. The number of rotatable bonds is 5. The molecule has 4 nitrogen and oxygen atoms in total. The summed E-state index contributed by atoms with van der Waals surface area (Å²) in [5.74, 6) is -0.0614. The molecule has 7 heteroatoms. The first-order valence-electron chi connectivity index (χ1n) is 9.84. The predicted molar refractivity (Wildman–Crippen MR) is 119 cm³/mol. The Hall–Kier alpha value is -3.63. The molecule has 0 unspecified atom stereocenters. The van der Waals surface area contributed by atoms with Crippen LogP contribution in [-0.4, -0.2) is 6.29 Å². The number of para-hydroxylation sites is 1. The smallest absolute Gasteiger partial charge is 0.453 e. The second-order valence-corrected chi connectivity index (χ2v) is 9.90. The lowest BCUT2D eigenvalue weighted by Crippen LogP contribution is -2.26. The lowest BCUT2D eigenvalue weighted by atomic mass is 10.3. The van der Waals surface area contributed by atoms with Gasteiger partial charge in [0.15, 0.2) is 18.6 Å². The molecule has 1 heterocycles. The molecule has 0 N–H and O–H groups in total. The van der Waals surface area contributed by atoms with E-state index in [0.29, 0.717) is 21.7 Å². The van der Waals surface area contributed by atoms with Crippen molar-refractivity contribution in [2.75, 3.05) is 0 Å². The largest absolute Gasteiger partial charge is 0.586 e. The molecule has 0 saturated carbocycles. The minimum Gasteiger partial charge on any atom is -0.453 e. The molecule has 0 saturated heterocycles. The third kappa shape index (κ3) is 3.63. The van der Waals surface area contributed by atoms with Gasteiger partial charge in [-0.3, -0.25) is 0 Å². The number of alkyl halides is 2. The Labute approximate surface area is 183 Å². The molecule has 0 aliphatic carbocycles. The molecule has 0 fully saturated rings. The predicted octanol–water partition coefficient (Wildman–Crippen LogP) is 5.44. The molecular formula is C25H17F2O4P. The van der Waals surface area contributed by atoms with E-state index in [2.05, 4.69) is 0 Å². The summed E-state index contributed by atoms with van der Waals surface area (Å²) >= 11 is 0. The first-order chi connectivity index (χ1) is 15.5.